The lowest BCUT2D eigenvalue weighted by molar-refractivity contribution is -0.129. The van der Waals surface area contributed by atoms with Crippen LogP contribution in [0.1, 0.15) is 55.4 Å². The Kier molecular flexibility index (Phi) is 6.08. The SMILES string of the molecule is COc1cccc2[nH]c(C(=O)N3C[C@]4(C[C@H]3C(=O)N[C@H](C=O)C[C@@H]3CCCCC3=O)CC4(F)F)cc12. The summed E-state index contributed by atoms with van der Waals surface area (Å²) < 4.78 is 34.0. The molecular weight excluding hydrogens is 472 g/mol. The second-order valence-corrected chi connectivity index (χ2v) is 10.3. The lowest BCUT2D eigenvalue weighted by Crippen LogP contribution is -2.50. The third-order valence-electron chi connectivity index (χ3n) is 7.99. The van der Waals surface area contributed by atoms with E-state index in [2.05, 4.69) is 10.3 Å². The first kappa shape index (κ1) is 24.4. The Labute approximate surface area is 206 Å². The van der Waals surface area contributed by atoms with Crippen molar-refractivity contribution < 1.29 is 32.7 Å². The number of H-pyrrole nitrogens is 1. The number of halogens is 2. The minimum Gasteiger partial charge on any atom is -0.496 e. The number of rotatable bonds is 7. The van der Waals surface area contributed by atoms with E-state index in [0.29, 0.717) is 35.8 Å². The van der Waals surface area contributed by atoms with E-state index in [4.69, 9.17) is 4.74 Å². The van der Waals surface area contributed by atoms with Crippen molar-refractivity contribution in [2.24, 2.45) is 11.3 Å². The normalized spacial score (nSPS) is 27.8. The number of amides is 2. The molecule has 192 valence electrons. The first-order valence-electron chi connectivity index (χ1n) is 12.3. The number of nitrogens with one attached hydrogen (secondary N) is 2. The van der Waals surface area contributed by atoms with Crippen LogP contribution in [-0.4, -0.2) is 65.4 Å². The van der Waals surface area contributed by atoms with Crippen molar-refractivity contribution >= 4 is 34.8 Å². The summed E-state index contributed by atoms with van der Waals surface area (Å²) >= 11 is 0. The van der Waals surface area contributed by atoms with Crippen LogP contribution in [0.5, 0.6) is 5.75 Å². The van der Waals surface area contributed by atoms with Crippen LogP contribution in [-0.2, 0) is 14.4 Å². The minimum atomic E-state index is -2.96. The molecule has 3 aliphatic rings. The summed E-state index contributed by atoms with van der Waals surface area (Å²) in [7, 11) is 1.51. The molecule has 2 N–H and O–H groups in total. The third-order valence-corrected chi connectivity index (χ3v) is 7.99. The number of aldehydes is 1. The highest BCUT2D eigenvalue weighted by molar-refractivity contribution is 6.02. The largest absolute Gasteiger partial charge is 0.496 e. The number of likely N-dealkylation sites (tertiary alicyclic amines) is 1. The van der Waals surface area contributed by atoms with Gasteiger partial charge in [0.25, 0.3) is 11.8 Å². The predicted molar refractivity (Wildman–Crippen MR) is 126 cm³/mol. The Hall–Kier alpha value is -3.30. The van der Waals surface area contributed by atoms with Crippen LogP contribution in [0.3, 0.4) is 0 Å². The van der Waals surface area contributed by atoms with Gasteiger partial charge >= 0.3 is 0 Å². The Morgan fingerprint density at radius 3 is 2.78 bits per heavy atom. The molecular formula is C26H29F2N3O5. The molecule has 2 aromatic rings. The van der Waals surface area contributed by atoms with Crippen LogP contribution in [0.4, 0.5) is 8.78 Å². The molecule has 2 saturated carbocycles. The van der Waals surface area contributed by atoms with Crippen molar-refractivity contribution in [2.75, 3.05) is 13.7 Å². The molecule has 3 fully saturated rings. The molecule has 0 bridgehead atoms. The van der Waals surface area contributed by atoms with Gasteiger partial charge in [0.15, 0.2) is 0 Å². The summed E-state index contributed by atoms with van der Waals surface area (Å²) in [5, 5.41) is 3.28. The van der Waals surface area contributed by atoms with Gasteiger partial charge in [-0.05, 0) is 43.9 Å². The molecule has 2 aliphatic carbocycles. The molecule has 4 atom stereocenters. The lowest BCUT2D eigenvalue weighted by atomic mass is 9.84. The third kappa shape index (κ3) is 4.16. The monoisotopic (exact) mass is 501 g/mol. The quantitative estimate of drug-likeness (QED) is 0.567. The van der Waals surface area contributed by atoms with Gasteiger partial charge in [-0.2, -0.15) is 0 Å². The van der Waals surface area contributed by atoms with Gasteiger partial charge in [0, 0.05) is 36.2 Å². The van der Waals surface area contributed by atoms with E-state index in [1.165, 1.54) is 12.0 Å². The summed E-state index contributed by atoms with van der Waals surface area (Å²) in [5.74, 6) is -3.87. The maximum absolute atomic E-state index is 14.3. The van der Waals surface area contributed by atoms with E-state index < -0.39 is 35.2 Å². The van der Waals surface area contributed by atoms with E-state index in [-0.39, 0.29) is 43.2 Å². The summed E-state index contributed by atoms with van der Waals surface area (Å²) in [6, 6.07) is 4.78. The predicted octanol–water partition coefficient (Wildman–Crippen LogP) is 3.25. The van der Waals surface area contributed by atoms with Crippen LogP contribution in [0, 0.1) is 11.3 Å². The maximum Gasteiger partial charge on any atom is 0.271 e. The molecule has 10 heteroatoms. The average Bonchev–Trinajstić information content (AvgIpc) is 3.20. The maximum atomic E-state index is 14.3. The highest BCUT2D eigenvalue weighted by Crippen LogP contribution is 2.66. The molecule has 0 unspecified atom stereocenters. The van der Waals surface area contributed by atoms with Crippen molar-refractivity contribution in [3.63, 3.8) is 0 Å². The molecule has 2 amide bonds. The molecule has 5 rings (SSSR count). The number of Topliss-reactive ketones (excluding diaryl/α,β-unsaturated/α-hetero) is 1. The Morgan fingerprint density at radius 1 is 1.33 bits per heavy atom. The summed E-state index contributed by atoms with van der Waals surface area (Å²) in [6.45, 7) is -0.254. The van der Waals surface area contributed by atoms with Crippen LogP contribution < -0.4 is 10.1 Å². The van der Waals surface area contributed by atoms with E-state index in [1.54, 1.807) is 24.3 Å². The number of carbonyl (C=O) groups excluding carboxylic acids is 4. The van der Waals surface area contributed by atoms with Crippen LogP contribution in [0.2, 0.25) is 0 Å². The van der Waals surface area contributed by atoms with Crippen LogP contribution >= 0.6 is 0 Å². The van der Waals surface area contributed by atoms with Gasteiger partial charge in [0.2, 0.25) is 5.91 Å². The number of hydrogen-bond acceptors (Lipinski definition) is 5. The van der Waals surface area contributed by atoms with Crippen LogP contribution in [0.15, 0.2) is 24.3 Å². The van der Waals surface area contributed by atoms with E-state index in [0.717, 1.165) is 12.8 Å². The molecule has 0 radical (unpaired) electrons. The van der Waals surface area contributed by atoms with E-state index >= 15 is 0 Å². The fourth-order valence-corrected chi connectivity index (χ4v) is 5.82. The molecule has 36 heavy (non-hydrogen) atoms. The molecule has 1 spiro atoms. The van der Waals surface area contributed by atoms with Crippen molar-refractivity contribution in [1.82, 2.24) is 15.2 Å². The number of fused-ring (bicyclic) bond motifs is 1. The summed E-state index contributed by atoms with van der Waals surface area (Å²) in [4.78, 5) is 54.9. The second-order valence-electron chi connectivity index (χ2n) is 10.3. The fraction of sp³-hybridized carbons (Fsp3) is 0.538. The standard InChI is InChI=1S/C26H29F2N3O5/c1-36-22-8-4-6-18-17(22)10-19(30-18)24(35)31-14-25(13-26(25,27)28)11-20(31)23(34)29-16(12-32)9-15-5-2-3-7-21(15)33/h4,6,8,10,12,15-16,20,30H,2-3,5,7,9,11,13-14H2,1H3,(H,29,34)/t15-,16-,20-,25-/m0/s1. The second kappa shape index (κ2) is 8.97. The van der Waals surface area contributed by atoms with Gasteiger partial charge in [-0.15, -0.1) is 0 Å². The van der Waals surface area contributed by atoms with Crippen molar-refractivity contribution in [3.05, 3.63) is 30.0 Å². The number of methoxy groups -OCH3 is 1. The highest BCUT2D eigenvalue weighted by atomic mass is 19.3. The van der Waals surface area contributed by atoms with Gasteiger partial charge in [-0.25, -0.2) is 8.78 Å². The number of ether oxygens (including phenoxy) is 1. The molecule has 1 aliphatic heterocycles. The summed E-state index contributed by atoms with van der Waals surface area (Å²) in [5.41, 5.74) is -0.639. The summed E-state index contributed by atoms with van der Waals surface area (Å²) in [6.07, 6.45) is 3.01. The minimum absolute atomic E-state index is 0.0748. The van der Waals surface area contributed by atoms with Gasteiger partial charge in [0.05, 0.1) is 18.6 Å². The number of benzene rings is 1. The first-order valence-corrected chi connectivity index (χ1v) is 12.3. The lowest BCUT2D eigenvalue weighted by Gasteiger charge is -2.27. The molecule has 1 aromatic heterocycles. The number of hydrogen-bond donors (Lipinski definition) is 2. The average molecular weight is 502 g/mol. The highest BCUT2D eigenvalue weighted by Gasteiger charge is 2.75. The van der Waals surface area contributed by atoms with E-state index in [9.17, 15) is 28.0 Å². The fourth-order valence-electron chi connectivity index (χ4n) is 5.82. The number of nitrogens with zero attached hydrogens (tertiary/aromatic N) is 1. The zero-order valence-corrected chi connectivity index (χ0v) is 20.0. The first-order chi connectivity index (χ1) is 17.2. The number of alkyl halides is 2. The zero-order valence-electron chi connectivity index (χ0n) is 20.0. The van der Waals surface area contributed by atoms with Gasteiger partial charge < -0.3 is 24.7 Å². The Bertz CT molecular complexity index is 1230. The number of aromatic amines is 1. The zero-order chi connectivity index (χ0) is 25.7. The van der Waals surface area contributed by atoms with Crippen molar-refractivity contribution in [1.29, 1.82) is 0 Å². The number of ketones is 1. The molecule has 2 heterocycles. The van der Waals surface area contributed by atoms with Crippen molar-refractivity contribution in [3.8, 4) is 5.75 Å². The number of carbonyl (C=O) groups is 4. The van der Waals surface area contributed by atoms with Gasteiger partial charge in [-0.1, -0.05) is 12.5 Å². The topological polar surface area (TPSA) is 109 Å². The Balaban J connectivity index is 1.37. The molecule has 8 nitrogen and oxygen atoms in total. The van der Waals surface area contributed by atoms with Crippen LogP contribution in [0.25, 0.3) is 10.9 Å². The van der Waals surface area contributed by atoms with Gasteiger partial charge in [-0.3, -0.25) is 14.4 Å². The van der Waals surface area contributed by atoms with Crippen molar-refractivity contribution in [2.45, 2.75) is 63.0 Å². The molecule has 1 saturated heterocycles. The number of aromatic nitrogens is 1. The van der Waals surface area contributed by atoms with Gasteiger partial charge in [0.1, 0.15) is 29.6 Å². The Morgan fingerprint density at radius 2 is 2.11 bits per heavy atom. The molecule has 1 aromatic carbocycles. The van der Waals surface area contributed by atoms with E-state index in [1.807, 2.05) is 0 Å². The smallest absolute Gasteiger partial charge is 0.271 e.